The molecular formula is C14H13ClFN5O2. The van der Waals surface area contributed by atoms with Gasteiger partial charge in [-0.2, -0.15) is 15.4 Å². The van der Waals surface area contributed by atoms with Gasteiger partial charge >= 0.3 is 0 Å². The number of amides is 2. The molecule has 1 aromatic heterocycles. The van der Waals surface area contributed by atoms with Crippen LogP contribution in [0.4, 0.5) is 4.39 Å². The molecule has 0 radical (unpaired) electrons. The molecule has 1 fully saturated rings. The van der Waals surface area contributed by atoms with Gasteiger partial charge in [0, 0.05) is 31.2 Å². The molecule has 0 saturated carbocycles. The summed E-state index contributed by atoms with van der Waals surface area (Å²) in [4.78, 5) is 27.6. The van der Waals surface area contributed by atoms with Crippen molar-refractivity contribution >= 4 is 23.4 Å². The van der Waals surface area contributed by atoms with E-state index in [0.29, 0.717) is 26.2 Å². The molecule has 0 spiro atoms. The van der Waals surface area contributed by atoms with Gasteiger partial charge in [0.25, 0.3) is 11.8 Å². The zero-order valence-electron chi connectivity index (χ0n) is 12.0. The van der Waals surface area contributed by atoms with Crippen LogP contribution in [0.1, 0.15) is 20.8 Å². The number of rotatable bonds is 2. The molecule has 0 atom stereocenters. The first-order valence-electron chi connectivity index (χ1n) is 6.95. The molecule has 3 rings (SSSR count). The number of halogens is 2. The predicted molar refractivity (Wildman–Crippen MR) is 79.6 cm³/mol. The second-order valence-electron chi connectivity index (χ2n) is 5.06. The van der Waals surface area contributed by atoms with Crippen molar-refractivity contribution in [2.24, 2.45) is 0 Å². The lowest BCUT2D eigenvalue weighted by atomic mass is 10.1. The van der Waals surface area contributed by atoms with E-state index in [4.69, 9.17) is 11.6 Å². The highest BCUT2D eigenvalue weighted by Crippen LogP contribution is 2.17. The van der Waals surface area contributed by atoms with E-state index in [1.165, 1.54) is 23.2 Å². The average molecular weight is 338 g/mol. The van der Waals surface area contributed by atoms with Crippen LogP contribution in [-0.2, 0) is 0 Å². The fraction of sp³-hybridized carbons (Fsp3) is 0.286. The number of nitrogens with zero attached hydrogens (tertiary/aromatic N) is 4. The molecule has 2 heterocycles. The molecular weight excluding hydrogens is 325 g/mol. The number of piperazine rings is 1. The average Bonchev–Trinajstić information content (AvgIpc) is 3.08. The van der Waals surface area contributed by atoms with Crippen molar-refractivity contribution in [2.45, 2.75) is 0 Å². The largest absolute Gasteiger partial charge is 0.335 e. The Morgan fingerprint density at radius 2 is 1.78 bits per heavy atom. The Labute approximate surface area is 136 Å². The Morgan fingerprint density at radius 3 is 2.35 bits per heavy atom. The highest BCUT2D eigenvalue weighted by atomic mass is 35.5. The SMILES string of the molecule is O=C(c1cn[nH]n1)N1CCN(C(=O)c2ccc(Cl)cc2F)CC1. The van der Waals surface area contributed by atoms with Crippen molar-refractivity contribution in [1.82, 2.24) is 25.2 Å². The van der Waals surface area contributed by atoms with Gasteiger partial charge in [0.1, 0.15) is 5.82 Å². The monoisotopic (exact) mass is 337 g/mol. The van der Waals surface area contributed by atoms with Gasteiger partial charge in [-0.1, -0.05) is 11.6 Å². The van der Waals surface area contributed by atoms with E-state index in [-0.39, 0.29) is 22.2 Å². The molecule has 120 valence electrons. The van der Waals surface area contributed by atoms with Crippen LogP contribution in [0.15, 0.2) is 24.4 Å². The maximum Gasteiger partial charge on any atom is 0.276 e. The molecule has 1 aromatic carbocycles. The molecule has 9 heteroatoms. The lowest BCUT2D eigenvalue weighted by Gasteiger charge is -2.34. The third-order valence-corrected chi connectivity index (χ3v) is 3.88. The van der Waals surface area contributed by atoms with Crippen molar-refractivity contribution in [2.75, 3.05) is 26.2 Å². The van der Waals surface area contributed by atoms with Gasteiger partial charge in [0.05, 0.1) is 11.8 Å². The van der Waals surface area contributed by atoms with E-state index in [2.05, 4.69) is 15.4 Å². The van der Waals surface area contributed by atoms with Crippen molar-refractivity contribution < 1.29 is 14.0 Å². The molecule has 0 unspecified atom stereocenters. The fourth-order valence-corrected chi connectivity index (χ4v) is 2.57. The van der Waals surface area contributed by atoms with E-state index < -0.39 is 11.7 Å². The standard InChI is InChI=1S/C14H13ClFN5O2/c15-9-1-2-10(11(16)7-9)13(22)20-3-5-21(6-4-20)14(23)12-8-17-19-18-12/h1-2,7-8H,3-6H2,(H,17,18,19). The van der Waals surface area contributed by atoms with Crippen molar-refractivity contribution in [3.63, 3.8) is 0 Å². The summed E-state index contributed by atoms with van der Waals surface area (Å²) >= 11 is 5.69. The fourth-order valence-electron chi connectivity index (χ4n) is 2.41. The summed E-state index contributed by atoms with van der Waals surface area (Å²) in [5, 5.41) is 9.96. The van der Waals surface area contributed by atoms with Gasteiger partial charge in [0.15, 0.2) is 5.69 Å². The Morgan fingerprint density at radius 1 is 1.13 bits per heavy atom. The van der Waals surface area contributed by atoms with Crippen LogP contribution in [-0.4, -0.2) is 63.2 Å². The Balaban J connectivity index is 1.64. The second kappa shape index (κ2) is 6.33. The molecule has 0 aliphatic carbocycles. The first kappa shape index (κ1) is 15.4. The highest BCUT2D eigenvalue weighted by Gasteiger charge is 2.27. The summed E-state index contributed by atoms with van der Waals surface area (Å²) in [6.07, 6.45) is 1.35. The number of H-pyrrole nitrogens is 1. The number of nitrogens with one attached hydrogen (secondary N) is 1. The lowest BCUT2D eigenvalue weighted by molar-refractivity contribution is 0.0529. The van der Waals surface area contributed by atoms with E-state index in [1.54, 1.807) is 4.90 Å². The summed E-state index contributed by atoms with van der Waals surface area (Å²) in [5.74, 6) is -1.31. The van der Waals surface area contributed by atoms with Crippen LogP contribution in [0.3, 0.4) is 0 Å². The molecule has 1 saturated heterocycles. The minimum absolute atomic E-state index is 0.0225. The molecule has 23 heavy (non-hydrogen) atoms. The van der Waals surface area contributed by atoms with Crippen LogP contribution in [0.25, 0.3) is 0 Å². The molecule has 1 N–H and O–H groups in total. The number of aromatic amines is 1. The minimum atomic E-state index is -0.649. The molecule has 2 amide bonds. The Kier molecular flexibility index (Phi) is 4.24. The number of aromatic nitrogens is 3. The van der Waals surface area contributed by atoms with Crippen LogP contribution < -0.4 is 0 Å². The van der Waals surface area contributed by atoms with Crippen molar-refractivity contribution in [3.05, 3.63) is 46.5 Å². The zero-order chi connectivity index (χ0) is 16.4. The number of carbonyl (C=O) groups excluding carboxylic acids is 2. The lowest BCUT2D eigenvalue weighted by Crippen LogP contribution is -2.50. The van der Waals surface area contributed by atoms with Crippen molar-refractivity contribution in [3.8, 4) is 0 Å². The van der Waals surface area contributed by atoms with Gasteiger partial charge < -0.3 is 9.80 Å². The van der Waals surface area contributed by atoms with E-state index in [0.717, 1.165) is 6.07 Å². The second-order valence-corrected chi connectivity index (χ2v) is 5.50. The van der Waals surface area contributed by atoms with E-state index >= 15 is 0 Å². The number of hydrogen-bond donors (Lipinski definition) is 1. The van der Waals surface area contributed by atoms with E-state index in [1.807, 2.05) is 0 Å². The molecule has 1 aliphatic rings. The third kappa shape index (κ3) is 3.16. The van der Waals surface area contributed by atoms with Crippen LogP contribution in [0.2, 0.25) is 5.02 Å². The minimum Gasteiger partial charge on any atom is -0.335 e. The van der Waals surface area contributed by atoms with Crippen LogP contribution in [0.5, 0.6) is 0 Å². The summed E-state index contributed by atoms with van der Waals surface area (Å²) in [6.45, 7) is 1.36. The summed E-state index contributed by atoms with van der Waals surface area (Å²) in [5.41, 5.74) is 0.208. The van der Waals surface area contributed by atoms with Crippen molar-refractivity contribution in [1.29, 1.82) is 0 Å². The maximum absolute atomic E-state index is 13.8. The molecule has 1 aliphatic heterocycles. The quantitative estimate of drug-likeness (QED) is 0.892. The number of carbonyl (C=O) groups is 2. The predicted octanol–water partition coefficient (Wildman–Crippen LogP) is 1.20. The molecule has 2 aromatic rings. The Hall–Kier alpha value is -2.48. The maximum atomic E-state index is 13.8. The number of benzene rings is 1. The van der Waals surface area contributed by atoms with Crippen LogP contribution in [0, 0.1) is 5.82 Å². The molecule has 7 nitrogen and oxygen atoms in total. The zero-order valence-corrected chi connectivity index (χ0v) is 12.8. The van der Waals surface area contributed by atoms with Gasteiger partial charge in [0.2, 0.25) is 0 Å². The smallest absolute Gasteiger partial charge is 0.276 e. The summed E-state index contributed by atoms with van der Waals surface area (Å²) in [7, 11) is 0. The van der Waals surface area contributed by atoms with Gasteiger partial charge in [-0.25, -0.2) is 4.39 Å². The highest BCUT2D eigenvalue weighted by molar-refractivity contribution is 6.30. The topological polar surface area (TPSA) is 82.2 Å². The van der Waals surface area contributed by atoms with E-state index in [9.17, 15) is 14.0 Å². The Bertz CT molecular complexity index is 729. The third-order valence-electron chi connectivity index (χ3n) is 3.65. The molecule has 0 bridgehead atoms. The normalized spacial score (nSPS) is 14.9. The van der Waals surface area contributed by atoms with Gasteiger partial charge in [-0.15, -0.1) is 0 Å². The van der Waals surface area contributed by atoms with Gasteiger partial charge in [-0.3, -0.25) is 9.59 Å². The number of hydrogen-bond acceptors (Lipinski definition) is 4. The summed E-state index contributed by atoms with van der Waals surface area (Å²) < 4.78 is 13.8. The summed E-state index contributed by atoms with van der Waals surface area (Å²) in [6, 6.07) is 3.95. The van der Waals surface area contributed by atoms with Crippen LogP contribution >= 0.6 is 11.6 Å². The first-order valence-corrected chi connectivity index (χ1v) is 7.33. The first-order chi connectivity index (χ1) is 11.1. The van der Waals surface area contributed by atoms with Gasteiger partial charge in [-0.05, 0) is 18.2 Å².